The minimum absolute atomic E-state index is 0.155. The van der Waals surface area contributed by atoms with Crippen LogP contribution in [0.4, 0.5) is 13.2 Å². The topological polar surface area (TPSA) is 59.4 Å². The maximum absolute atomic E-state index is 13.2. The van der Waals surface area contributed by atoms with Gasteiger partial charge in [-0.1, -0.05) is 23.7 Å². The van der Waals surface area contributed by atoms with Crippen LogP contribution in [0.2, 0.25) is 5.02 Å². The number of halogens is 4. The second-order valence-corrected chi connectivity index (χ2v) is 4.74. The first-order valence-electron chi connectivity index (χ1n) is 5.94. The Morgan fingerprint density at radius 1 is 1.23 bits per heavy atom. The average Bonchev–Trinajstić information content (AvgIpc) is 2.45. The molecule has 1 aromatic heterocycles. The maximum Gasteiger partial charge on any atom is 0.429 e. The number of aromatic nitrogens is 1. The van der Waals surface area contributed by atoms with Gasteiger partial charge >= 0.3 is 12.1 Å². The van der Waals surface area contributed by atoms with Crippen LogP contribution in [0.25, 0.3) is 0 Å². The summed E-state index contributed by atoms with van der Waals surface area (Å²) in [5, 5.41) is 9.11. The number of benzene rings is 1. The third-order valence-electron chi connectivity index (χ3n) is 2.68. The van der Waals surface area contributed by atoms with Crippen molar-refractivity contribution in [1.82, 2.24) is 4.98 Å². The molecule has 0 aliphatic rings. The van der Waals surface area contributed by atoms with Gasteiger partial charge in [0, 0.05) is 16.8 Å². The number of rotatable bonds is 4. The molecule has 1 unspecified atom stereocenters. The number of aromatic carboxylic acids is 1. The van der Waals surface area contributed by atoms with Gasteiger partial charge in [0.15, 0.2) is 0 Å². The number of alkyl halides is 3. The molecule has 0 aliphatic heterocycles. The molecular formula is C14H9ClF3NO3. The molecule has 0 fully saturated rings. The number of ether oxygens (including phenoxy) is 1. The van der Waals surface area contributed by atoms with E-state index < -0.39 is 18.2 Å². The van der Waals surface area contributed by atoms with E-state index in [1.54, 1.807) is 0 Å². The van der Waals surface area contributed by atoms with Gasteiger partial charge in [0.05, 0.1) is 11.8 Å². The predicted octanol–water partition coefficient (Wildman–Crippen LogP) is 4.12. The van der Waals surface area contributed by atoms with Gasteiger partial charge < -0.3 is 9.84 Å². The van der Waals surface area contributed by atoms with Crippen LogP contribution in [0.5, 0.6) is 5.75 Å². The quantitative estimate of drug-likeness (QED) is 0.915. The monoisotopic (exact) mass is 331 g/mol. The third-order valence-corrected chi connectivity index (χ3v) is 2.94. The van der Waals surface area contributed by atoms with Crippen molar-refractivity contribution in [2.45, 2.75) is 12.3 Å². The highest BCUT2D eigenvalue weighted by molar-refractivity contribution is 6.30. The summed E-state index contributed by atoms with van der Waals surface area (Å²) in [5.74, 6) is -1.61. The number of hydrogen-bond donors (Lipinski definition) is 1. The summed E-state index contributed by atoms with van der Waals surface area (Å²) in [4.78, 5) is 14.4. The first-order chi connectivity index (χ1) is 10.3. The van der Waals surface area contributed by atoms with E-state index in [1.165, 1.54) is 24.3 Å². The third kappa shape index (κ3) is 3.88. The first-order valence-corrected chi connectivity index (χ1v) is 6.32. The molecule has 1 N–H and O–H groups in total. The SMILES string of the molecule is O=C(O)c1cncc(OC(c2ccc(Cl)cc2)C(F)(F)F)c1. The predicted molar refractivity (Wildman–Crippen MR) is 72.1 cm³/mol. The number of carbonyl (C=O) groups is 1. The van der Waals surface area contributed by atoms with Gasteiger partial charge in [-0.3, -0.25) is 4.98 Å². The van der Waals surface area contributed by atoms with E-state index in [2.05, 4.69) is 4.98 Å². The summed E-state index contributed by atoms with van der Waals surface area (Å²) in [6.45, 7) is 0. The van der Waals surface area contributed by atoms with Crippen molar-refractivity contribution in [2.75, 3.05) is 0 Å². The summed E-state index contributed by atoms with van der Waals surface area (Å²) in [7, 11) is 0. The molecule has 0 saturated heterocycles. The number of nitrogens with zero attached hydrogens (tertiary/aromatic N) is 1. The van der Waals surface area contributed by atoms with Crippen molar-refractivity contribution in [3.63, 3.8) is 0 Å². The Morgan fingerprint density at radius 2 is 1.86 bits per heavy atom. The molecule has 0 radical (unpaired) electrons. The number of carboxylic acids is 1. The Balaban J connectivity index is 2.33. The summed E-state index contributed by atoms with van der Waals surface area (Å²) >= 11 is 5.65. The van der Waals surface area contributed by atoms with Crippen LogP contribution in [-0.2, 0) is 0 Å². The Kier molecular flexibility index (Phi) is 4.56. The zero-order valence-corrected chi connectivity index (χ0v) is 11.6. The van der Waals surface area contributed by atoms with Gasteiger partial charge in [-0.05, 0) is 18.2 Å². The fraction of sp³-hybridized carbons (Fsp3) is 0.143. The van der Waals surface area contributed by atoms with Crippen LogP contribution in [-0.4, -0.2) is 22.2 Å². The van der Waals surface area contributed by atoms with Crippen molar-refractivity contribution in [1.29, 1.82) is 0 Å². The van der Waals surface area contributed by atoms with Crippen LogP contribution < -0.4 is 4.74 Å². The number of hydrogen-bond acceptors (Lipinski definition) is 3. The van der Waals surface area contributed by atoms with E-state index in [1.807, 2.05) is 0 Å². The van der Waals surface area contributed by atoms with E-state index in [-0.39, 0.29) is 16.9 Å². The molecule has 2 aromatic rings. The van der Waals surface area contributed by atoms with Gasteiger partial charge in [0.2, 0.25) is 6.10 Å². The van der Waals surface area contributed by atoms with E-state index in [0.29, 0.717) is 5.02 Å². The minimum Gasteiger partial charge on any atom is -0.478 e. The van der Waals surface area contributed by atoms with Crippen LogP contribution in [0.15, 0.2) is 42.7 Å². The molecule has 116 valence electrons. The molecule has 8 heteroatoms. The van der Waals surface area contributed by atoms with Crippen molar-refractivity contribution in [2.24, 2.45) is 0 Å². The molecule has 22 heavy (non-hydrogen) atoms. The fourth-order valence-corrected chi connectivity index (χ4v) is 1.82. The Labute approximate surface area is 128 Å². The van der Waals surface area contributed by atoms with Gasteiger partial charge in [-0.2, -0.15) is 13.2 Å². The molecule has 4 nitrogen and oxygen atoms in total. The number of pyridine rings is 1. The van der Waals surface area contributed by atoms with Crippen molar-refractivity contribution in [3.8, 4) is 5.75 Å². The highest BCUT2D eigenvalue weighted by Gasteiger charge is 2.43. The highest BCUT2D eigenvalue weighted by atomic mass is 35.5. The van der Waals surface area contributed by atoms with Gasteiger partial charge in [0.1, 0.15) is 5.75 Å². The van der Waals surface area contributed by atoms with Gasteiger partial charge in [0.25, 0.3) is 0 Å². The Bertz CT molecular complexity index is 674. The van der Waals surface area contributed by atoms with Gasteiger partial charge in [-0.25, -0.2) is 4.79 Å². The van der Waals surface area contributed by atoms with E-state index in [4.69, 9.17) is 21.4 Å². The zero-order chi connectivity index (χ0) is 16.3. The van der Waals surface area contributed by atoms with Crippen LogP contribution in [0.3, 0.4) is 0 Å². The molecular weight excluding hydrogens is 323 g/mol. The lowest BCUT2D eigenvalue weighted by Crippen LogP contribution is -2.26. The molecule has 1 atom stereocenters. The lowest BCUT2D eigenvalue weighted by atomic mass is 10.1. The fourth-order valence-electron chi connectivity index (χ4n) is 1.70. The lowest BCUT2D eigenvalue weighted by molar-refractivity contribution is -0.198. The Morgan fingerprint density at radius 3 is 2.41 bits per heavy atom. The van der Waals surface area contributed by atoms with Crippen LogP contribution >= 0.6 is 11.6 Å². The van der Waals surface area contributed by atoms with Crippen LogP contribution in [0.1, 0.15) is 22.0 Å². The molecule has 0 spiro atoms. The second kappa shape index (κ2) is 6.23. The lowest BCUT2D eigenvalue weighted by Gasteiger charge is -2.22. The van der Waals surface area contributed by atoms with Gasteiger partial charge in [-0.15, -0.1) is 0 Å². The standard InChI is InChI=1S/C14H9ClF3NO3/c15-10-3-1-8(2-4-10)12(14(16,17)18)22-11-5-9(13(20)21)6-19-7-11/h1-7,12H,(H,20,21). The molecule has 0 amide bonds. The van der Waals surface area contributed by atoms with E-state index in [9.17, 15) is 18.0 Å². The zero-order valence-electron chi connectivity index (χ0n) is 10.8. The van der Waals surface area contributed by atoms with Crippen LogP contribution in [0, 0.1) is 0 Å². The smallest absolute Gasteiger partial charge is 0.429 e. The largest absolute Gasteiger partial charge is 0.478 e. The molecule has 1 heterocycles. The number of carboxylic acid groups (broad SMARTS) is 1. The molecule has 1 aromatic carbocycles. The average molecular weight is 332 g/mol. The van der Waals surface area contributed by atoms with E-state index in [0.717, 1.165) is 18.5 Å². The maximum atomic E-state index is 13.2. The van der Waals surface area contributed by atoms with E-state index >= 15 is 0 Å². The summed E-state index contributed by atoms with van der Waals surface area (Å²) in [6, 6.07) is 5.98. The minimum atomic E-state index is -4.69. The molecule has 0 aliphatic carbocycles. The molecule has 2 rings (SSSR count). The highest BCUT2D eigenvalue weighted by Crippen LogP contribution is 2.37. The molecule has 0 saturated carbocycles. The van der Waals surface area contributed by atoms with Crippen molar-refractivity contribution >= 4 is 17.6 Å². The van der Waals surface area contributed by atoms with Crippen molar-refractivity contribution in [3.05, 3.63) is 58.9 Å². The Hall–Kier alpha value is -2.28. The summed E-state index contributed by atoms with van der Waals surface area (Å²) in [6.07, 6.45) is -4.91. The second-order valence-electron chi connectivity index (χ2n) is 4.31. The van der Waals surface area contributed by atoms with Crippen molar-refractivity contribution < 1.29 is 27.8 Å². The summed E-state index contributed by atoms with van der Waals surface area (Å²) in [5.41, 5.74) is -0.424. The summed E-state index contributed by atoms with van der Waals surface area (Å²) < 4.78 is 44.4. The normalized spacial score (nSPS) is 12.7. The molecule has 0 bridgehead atoms. The first kappa shape index (κ1) is 16.1.